The molecule has 0 radical (unpaired) electrons. The van der Waals surface area contributed by atoms with Gasteiger partial charge in [-0.05, 0) is 29.8 Å². The van der Waals surface area contributed by atoms with E-state index in [1.54, 1.807) is 0 Å². The fourth-order valence-corrected chi connectivity index (χ4v) is 5.04. The molecule has 3 aliphatic rings. The Hall–Kier alpha value is -3.64. The zero-order chi connectivity index (χ0) is 22.2. The van der Waals surface area contributed by atoms with Crippen molar-refractivity contribution in [1.82, 2.24) is 4.90 Å². The van der Waals surface area contributed by atoms with Crippen LogP contribution < -0.4 is 9.80 Å². The van der Waals surface area contributed by atoms with Gasteiger partial charge in [-0.25, -0.2) is 0 Å². The van der Waals surface area contributed by atoms with Crippen LogP contribution >= 0.6 is 0 Å². The standard InChI is InChI=1S/C27H27N5O/c33-32-24-12-11-23(30-17-15-29(16-18-30)20-21-7-3-1-4-8-21)19-25(24)31-14-13-28-27(31)26(32)22-9-5-2-6-10-22/h1-12,19H,13-18,20H2. The van der Waals surface area contributed by atoms with E-state index in [4.69, 9.17) is 4.99 Å². The number of nitrogens with zero attached hydrogens (tertiary/aromatic N) is 5. The molecule has 166 valence electrons. The molecule has 3 aromatic carbocycles. The SMILES string of the molecule is [O-][N+]1=C(c2ccccc2)C2=NCCN2c2cc(N3CCN(Cc4ccccc4)CC3)ccc21. The van der Waals surface area contributed by atoms with Gasteiger partial charge in [-0.3, -0.25) is 9.89 Å². The lowest BCUT2D eigenvalue weighted by molar-refractivity contribution is -0.358. The predicted octanol–water partition coefficient (Wildman–Crippen LogP) is 3.87. The van der Waals surface area contributed by atoms with Crippen LogP contribution in [0.3, 0.4) is 0 Å². The van der Waals surface area contributed by atoms with E-state index < -0.39 is 0 Å². The number of amidine groups is 1. The summed E-state index contributed by atoms with van der Waals surface area (Å²) in [6.45, 7) is 6.53. The van der Waals surface area contributed by atoms with Crippen molar-refractivity contribution in [1.29, 1.82) is 0 Å². The first-order chi connectivity index (χ1) is 16.3. The summed E-state index contributed by atoms with van der Waals surface area (Å²) >= 11 is 0. The van der Waals surface area contributed by atoms with E-state index in [1.807, 2.05) is 36.4 Å². The minimum Gasteiger partial charge on any atom is -0.618 e. The maximum Gasteiger partial charge on any atom is 0.267 e. The van der Waals surface area contributed by atoms with Gasteiger partial charge < -0.3 is 15.0 Å². The van der Waals surface area contributed by atoms with Gasteiger partial charge in [0.05, 0.1) is 12.1 Å². The lowest BCUT2D eigenvalue weighted by Crippen LogP contribution is -2.46. The van der Waals surface area contributed by atoms with E-state index in [9.17, 15) is 5.21 Å². The third-order valence-corrected chi connectivity index (χ3v) is 6.76. The monoisotopic (exact) mass is 437 g/mol. The first-order valence-corrected chi connectivity index (χ1v) is 11.7. The van der Waals surface area contributed by atoms with E-state index in [-0.39, 0.29) is 0 Å². The van der Waals surface area contributed by atoms with Gasteiger partial charge in [0.2, 0.25) is 11.5 Å². The molecule has 0 spiro atoms. The smallest absolute Gasteiger partial charge is 0.267 e. The number of aliphatic imine (C=N–C) groups is 1. The van der Waals surface area contributed by atoms with Crippen LogP contribution in [0.1, 0.15) is 11.1 Å². The summed E-state index contributed by atoms with van der Waals surface area (Å²) in [7, 11) is 0. The first-order valence-electron chi connectivity index (χ1n) is 11.7. The molecule has 3 aliphatic heterocycles. The highest BCUT2D eigenvalue weighted by molar-refractivity contribution is 6.51. The normalized spacial score (nSPS) is 18.2. The van der Waals surface area contributed by atoms with E-state index in [2.05, 4.69) is 57.2 Å². The first kappa shape index (κ1) is 20.0. The Morgan fingerprint density at radius 3 is 2.30 bits per heavy atom. The molecule has 33 heavy (non-hydrogen) atoms. The summed E-state index contributed by atoms with van der Waals surface area (Å²) in [5, 5.41) is 13.4. The summed E-state index contributed by atoms with van der Waals surface area (Å²) in [5.41, 5.74) is 5.74. The Bertz CT molecular complexity index is 1210. The third-order valence-electron chi connectivity index (χ3n) is 6.76. The highest BCUT2D eigenvalue weighted by Crippen LogP contribution is 2.38. The summed E-state index contributed by atoms with van der Waals surface area (Å²) in [6, 6.07) is 26.8. The predicted molar refractivity (Wildman–Crippen MR) is 134 cm³/mol. The fraction of sp³-hybridized carbons (Fsp3) is 0.259. The lowest BCUT2D eigenvalue weighted by Gasteiger charge is -2.37. The Morgan fingerprint density at radius 2 is 1.55 bits per heavy atom. The van der Waals surface area contributed by atoms with Crippen LogP contribution in [0.5, 0.6) is 0 Å². The molecular formula is C27H27N5O. The minimum absolute atomic E-state index is 0.642. The molecule has 0 bridgehead atoms. The molecule has 3 aromatic rings. The van der Waals surface area contributed by atoms with Crippen molar-refractivity contribution in [2.24, 2.45) is 4.99 Å². The van der Waals surface area contributed by atoms with Gasteiger partial charge in [-0.15, -0.1) is 0 Å². The van der Waals surface area contributed by atoms with Crippen LogP contribution in [0.4, 0.5) is 17.1 Å². The molecule has 0 amide bonds. The van der Waals surface area contributed by atoms with Crippen LogP contribution in [0, 0.1) is 5.21 Å². The third kappa shape index (κ3) is 3.66. The fourth-order valence-electron chi connectivity index (χ4n) is 5.04. The van der Waals surface area contributed by atoms with Crippen molar-refractivity contribution >= 4 is 28.6 Å². The minimum atomic E-state index is 0.642. The molecule has 1 fully saturated rings. The topological polar surface area (TPSA) is 48.2 Å². The largest absolute Gasteiger partial charge is 0.618 e. The molecule has 0 aromatic heterocycles. The molecule has 0 atom stereocenters. The van der Waals surface area contributed by atoms with Crippen LogP contribution in [-0.4, -0.2) is 60.5 Å². The molecule has 6 heteroatoms. The number of hydrogen-bond acceptors (Lipinski definition) is 5. The van der Waals surface area contributed by atoms with Crippen LogP contribution in [0.25, 0.3) is 0 Å². The number of fused-ring (bicyclic) bond motifs is 3. The quantitative estimate of drug-likeness (QED) is 0.459. The van der Waals surface area contributed by atoms with Gasteiger partial charge in [0.1, 0.15) is 5.69 Å². The maximum absolute atomic E-state index is 13.4. The van der Waals surface area contributed by atoms with Crippen molar-refractivity contribution in [3.8, 4) is 0 Å². The molecule has 6 rings (SSSR count). The maximum atomic E-state index is 13.4. The van der Waals surface area contributed by atoms with Crippen molar-refractivity contribution < 1.29 is 4.74 Å². The molecule has 6 nitrogen and oxygen atoms in total. The number of piperazine rings is 1. The molecule has 1 saturated heterocycles. The summed E-state index contributed by atoms with van der Waals surface area (Å²) < 4.78 is 1.06. The lowest BCUT2D eigenvalue weighted by atomic mass is 10.0. The van der Waals surface area contributed by atoms with Crippen LogP contribution in [-0.2, 0) is 6.54 Å². The Labute approximate surface area is 194 Å². The number of rotatable bonds is 4. The summed E-state index contributed by atoms with van der Waals surface area (Å²) in [4.78, 5) is 11.9. The number of benzene rings is 3. The second-order valence-electron chi connectivity index (χ2n) is 8.79. The molecule has 0 aliphatic carbocycles. The zero-order valence-corrected chi connectivity index (χ0v) is 18.6. The molecule has 0 N–H and O–H groups in total. The molecular weight excluding hydrogens is 410 g/mol. The van der Waals surface area contributed by atoms with Gasteiger partial charge in [0.15, 0.2) is 0 Å². The Balaban J connectivity index is 1.25. The number of anilines is 2. The van der Waals surface area contributed by atoms with Crippen molar-refractivity contribution in [3.05, 3.63) is 95.2 Å². The summed E-state index contributed by atoms with van der Waals surface area (Å²) in [6.07, 6.45) is 0. The van der Waals surface area contributed by atoms with Gasteiger partial charge in [0, 0.05) is 51.0 Å². The van der Waals surface area contributed by atoms with Crippen molar-refractivity contribution in [2.45, 2.75) is 6.54 Å². The van der Waals surface area contributed by atoms with Gasteiger partial charge in [-0.1, -0.05) is 48.5 Å². The zero-order valence-electron chi connectivity index (χ0n) is 18.6. The summed E-state index contributed by atoms with van der Waals surface area (Å²) in [5.74, 6) is 0.786. The van der Waals surface area contributed by atoms with Crippen molar-refractivity contribution in [3.63, 3.8) is 0 Å². The van der Waals surface area contributed by atoms with E-state index in [1.165, 1.54) is 11.3 Å². The Kier molecular flexibility index (Phi) is 5.07. The average molecular weight is 438 g/mol. The molecule has 0 saturated carbocycles. The van der Waals surface area contributed by atoms with Crippen molar-refractivity contribution in [2.75, 3.05) is 49.1 Å². The second-order valence-corrected chi connectivity index (χ2v) is 8.79. The molecule has 3 heterocycles. The highest BCUT2D eigenvalue weighted by atomic mass is 16.5. The average Bonchev–Trinajstić information content (AvgIpc) is 3.35. The van der Waals surface area contributed by atoms with E-state index in [0.29, 0.717) is 17.9 Å². The van der Waals surface area contributed by atoms with Crippen LogP contribution in [0.15, 0.2) is 83.9 Å². The van der Waals surface area contributed by atoms with E-state index in [0.717, 1.165) is 61.1 Å². The number of hydrogen-bond donors (Lipinski definition) is 0. The van der Waals surface area contributed by atoms with Crippen LogP contribution in [0.2, 0.25) is 0 Å². The van der Waals surface area contributed by atoms with Gasteiger partial charge in [0.25, 0.3) is 5.71 Å². The highest BCUT2D eigenvalue weighted by Gasteiger charge is 2.38. The van der Waals surface area contributed by atoms with Gasteiger partial charge >= 0.3 is 0 Å². The Morgan fingerprint density at radius 1 is 0.818 bits per heavy atom. The van der Waals surface area contributed by atoms with E-state index >= 15 is 0 Å². The van der Waals surface area contributed by atoms with Gasteiger partial charge in [-0.2, -0.15) is 4.74 Å². The molecule has 0 unspecified atom stereocenters. The second kappa shape index (κ2) is 8.37.